The van der Waals surface area contributed by atoms with Crippen LogP contribution in [-0.4, -0.2) is 54.0 Å². The molecule has 1 amide bonds. The van der Waals surface area contributed by atoms with Gasteiger partial charge < -0.3 is 15.4 Å². The highest BCUT2D eigenvalue weighted by atomic mass is 32.2. The van der Waals surface area contributed by atoms with E-state index in [0.29, 0.717) is 24.5 Å². The van der Waals surface area contributed by atoms with E-state index in [4.69, 9.17) is 10.5 Å². The topological polar surface area (TPSA) is 72.6 Å². The Hall–Kier alpha value is -0.750. The Morgan fingerprint density at radius 1 is 1.39 bits per heavy atom. The summed E-state index contributed by atoms with van der Waals surface area (Å²) in [4.78, 5) is 24.9. The van der Waals surface area contributed by atoms with Crippen LogP contribution < -0.4 is 5.73 Å². The molecule has 1 heterocycles. The van der Waals surface area contributed by atoms with Crippen molar-refractivity contribution < 1.29 is 14.3 Å². The van der Waals surface area contributed by atoms with Crippen molar-refractivity contribution in [3.63, 3.8) is 0 Å². The number of esters is 1. The van der Waals surface area contributed by atoms with Gasteiger partial charge in [0.15, 0.2) is 0 Å². The third kappa shape index (κ3) is 5.27. The summed E-state index contributed by atoms with van der Waals surface area (Å²) in [5.41, 5.74) is 5.66. The predicted molar refractivity (Wildman–Crippen MR) is 72.4 cm³/mol. The lowest BCUT2D eigenvalue weighted by Gasteiger charge is -2.15. The summed E-state index contributed by atoms with van der Waals surface area (Å²) in [6.45, 7) is 3.89. The number of likely N-dealkylation sites (tertiary alicyclic amines) is 1. The summed E-state index contributed by atoms with van der Waals surface area (Å²) in [6, 6.07) is -0.570. The number of hydrogen-bond donors (Lipinski definition) is 1. The van der Waals surface area contributed by atoms with Crippen LogP contribution in [-0.2, 0) is 14.3 Å². The zero-order valence-corrected chi connectivity index (χ0v) is 11.7. The molecule has 1 fully saturated rings. The molecule has 0 aliphatic carbocycles. The minimum atomic E-state index is -0.570. The molecule has 0 saturated carbocycles. The summed E-state index contributed by atoms with van der Waals surface area (Å²) in [7, 11) is 0. The molecule has 0 spiro atoms. The zero-order chi connectivity index (χ0) is 13.4. The molecule has 1 unspecified atom stereocenters. The predicted octanol–water partition coefficient (Wildman–Crippen LogP) is 0.623. The van der Waals surface area contributed by atoms with Crippen molar-refractivity contribution in [2.24, 2.45) is 5.73 Å². The van der Waals surface area contributed by atoms with E-state index in [1.54, 1.807) is 6.92 Å². The van der Waals surface area contributed by atoms with Gasteiger partial charge in [-0.05, 0) is 31.9 Å². The maximum Gasteiger partial charge on any atom is 0.322 e. The molecule has 0 bridgehead atoms. The Morgan fingerprint density at radius 2 is 2.06 bits per heavy atom. The Kier molecular flexibility index (Phi) is 7.12. The standard InChI is InChI=1S/C12H22N2O3S/c1-2-17-12(16)10(13)5-8-18-9-11(15)14-6-3-4-7-14/h10H,2-9,13H2,1H3. The summed E-state index contributed by atoms with van der Waals surface area (Å²) in [6.07, 6.45) is 2.78. The molecule has 2 N–H and O–H groups in total. The van der Waals surface area contributed by atoms with Gasteiger partial charge in [0.25, 0.3) is 0 Å². The number of nitrogens with zero attached hydrogens (tertiary/aromatic N) is 1. The average Bonchev–Trinajstić information content (AvgIpc) is 2.88. The number of amides is 1. The van der Waals surface area contributed by atoms with E-state index < -0.39 is 6.04 Å². The van der Waals surface area contributed by atoms with Crippen LogP contribution in [0.1, 0.15) is 26.2 Å². The second-order valence-corrected chi connectivity index (χ2v) is 5.39. The van der Waals surface area contributed by atoms with Crippen molar-refractivity contribution in [2.75, 3.05) is 31.2 Å². The number of carbonyl (C=O) groups excluding carboxylic acids is 2. The SMILES string of the molecule is CCOC(=O)C(N)CCSCC(=O)N1CCCC1. The quantitative estimate of drug-likeness (QED) is 0.544. The molecule has 18 heavy (non-hydrogen) atoms. The first-order valence-corrected chi connectivity index (χ1v) is 7.58. The van der Waals surface area contributed by atoms with Gasteiger partial charge in [-0.25, -0.2) is 0 Å². The van der Waals surface area contributed by atoms with E-state index in [-0.39, 0.29) is 11.9 Å². The lowest BCUT2D eigenvalue weighted by atomic mass is 10.2. The van der Waals surface area contributed by atoms with Crippen LogP contribution in [0, 0.1) is 0 Å². The molecule has 6 heteroatoms. The van der Waals surface area contributed by atoms with E-state index in [1.807, 2.05) is 4.90 Å². The fraction of sp³-hybridized carbons (Fsp3) is 0.833. The molecule has 0 aromatic carbocycles. The van der Waals surface area contributed by atoms with Gasteiger partial charge in [0.1, 0.15) is 6.04 Å². The van der Waals surface area contributed by atoms with Gasteiger partial charge in [-0.15, -0.1) is 0 Å². The van der Waals surface area contributed by atoms with Gasteiger partial charge in [-0.1, -0.05) is 0 Å². The lowest BCUT2D eigenvalue weighted by molar-refractivity contribution is -0.144. The molecule has 0 aromatic heterocycles. The van der Waals surface area contributed by atoms with E-state index in [2.05, 4.69) is 0 Å². The fourth-order valence-electron chi connectivity index (χ4n) is 1.79. The number of ether oxygens (including phenoxy) is 1. The molecular weight excluding hydrogens is 252 g/mol. The molecule has 5 nitrogen and oxygen atoms in total. The highest BCUT2D eigenvalue weighted by Gasteiger charge is 2.18. The first-order chi connectivity index (χ1) is 8.65. The molecule has 0 aromatic rings. The normalized spacial score (nSPS) is 16.7. The molecule has 1 atom stereocenters. The van der Waals surface area contributed by atoms with Crippen molar-refractivity contribution in [3.05, 3.63) is 0 Å². The fourth-order valence-corrected chi connectivity index (χ4v) is 2.72. The van der Waals surface area contributed by atoms with Crippen LogP contribution in [0.15, 0.2) is 0 Å². The van der Waals surface area contributed by atoms with Crippen molar-refractivity contribution in [1.29, 1.82) is 0 Å². The van der Waals surface area contributed by atoms with Crippen LogP contribution in [0.4, 0.5) is 0 Å². The number of nitrogens with two attached hydrogens (primary N) is 1. The molecule has 1 rings (SSSR count). The summed E-state index contributed by atoms with van der Waals surface area (Å²) >= 11 is 1.53. The highest BCUT2D eigenvalue weighted by molar-refractivity contribution is 7.99. The molecule has 1 aliphatic heterocycles. The average molecular weight is 274 g/mol. The molecule has 1 aliphatic rings. The second kappa shape index (κ2) is 8.37. The van der Waals surface area contributed by atoms with Gasteiger partial charge in [-0.2, -0.15) is 11.8 Å². The van der Waals surface area contributed by atoms with Crippen LogP contribution in [0.2, 0.25) is 0 Å². The van der Waals surface area contributed by atoms with Gasteiger partial charge >= 0.3 is 5.97 Å². The molecular formula is C12H22N2O3S. The second-order valence-electron chi connectivity index (χ2n) is 4.29. The van der Waals surface area contributed by atoms with Crippen LogP contribution in [0.3, 0.4) is 0 Å². The Morgan fingerprint density at radius 3 is 2.67 bits per heavy atom. The number of hydrogen-bond acceptors (Lipinski definition) is 5. The van der Waals surface area contributed by atoms with Crippen molar-refractivity contribution in [2.45, 2.75) is 32.2 Å². The van der Waals surface area contributed by atoms with E-state index in [1.165, 1.54) is 11.8 Å². The van der Waals surface area contributed by atoms with Crippen molar-refractivity contribution in [1.82, 2.24) is 4.90 Å². The van der Waals surface area contributed by atoms with E-state index in [9.17, 15) is 9.59 Å². The molecule has 1 saturated heterocycles. The van der Waals surface area contributed by atoms with Gasteiger partial charge in [-0.3, -0.25) is 9.59 Å². The Bertz CT molecular complexity index is 280. The third-order valence-electron chi connectivity index (χ3n) is 2.85. The maximum atomic E-state index is 11.7. The number of thioether (sulfide) groups is 1. The summed E-state index contributed by atoms with van der Waals surface area (Å²) in [5.74, 6) is 1.03. The summed E-state index contributed by atoms with van der Waals surface area (Å²) in [5, 5.41) is 0. The summed E-state index contributed by atoms with van der Waals surface area (Å²) < 4.78 is 4.81. The first-order valence-electron chi connectivity index (χ1n) is 6.43. The Labute approximate surface area is 112 Å². The van der Waals surface area contributed by atoms with Gasteiger partial charge in [0, 0.05) is 13.1 Å². The smallest absolute Gasteiger partial charge is 0.322 e. The molecule has 0 radical (unpaired) electrons. The largest absolute Gasteiger partial charge is 0.465 e. The lowest BCUT2D eigenvalue weighted by Crippen LogP contribution is -2.33. The van der Waals surface area contributed by atoms with E-state index in [0.717, 1.165) is 25.9 Å². The highest BCUT2D eigenvalue weighted by Crippen LogP contribution is 2.11. The van der Waals surface area contributed by atoms with Crippen molar-refractivity contribution in [3.8, 4) is 0 Å². The van der Waals surface area contributed by atoms with Crippen molar-refractivity contribution >= 4 is 23.6 Å². The van der Waals surface area contributed by atoms with Crippen LogP contribution in [0.25, 0.3) is 0 Å². The number of rotatable bonds is 7. The first kappa shape index (κ1) is 15.3. The minimum absolute atomic E-state index is 0.196. The third-order valence-corrected chi connectivity index (χ3v) is 3.82. The van der Waals surface area contributed by atoms with Crippen LogP contribution in [0.5, 0.6) is 0 Å². The number of carbonyl (C=O) groups is 2. The van der Waals surface area contributed by atoms with E-state index >= 15 is 0 Å². The maximum absolute atomic E-state index is 11.7. The van der Waals surface area contributed by atoms with Gasteiger partial charge in [0.2, 0.25) is 5.91 Å². The zero-order valence-electron chi connectivity index (χ0n) is 10.9. The van der Waals surface area contributed by atoms with Gasteiger partial charge in [0.05, 0.1) is 12.4 Å². The monoisotopic (exact) mass is 274 g/mol. The minimum Gasteiger partial charge on any atom is -0.465 e. The molecule has 104 valence electrons. The van der Waals surface area contributed by atoms with Crippen LogP contribution >= 0.6 is 11.8 Å². The Balaban J connectivity index is 2.07.